The zero-order valence-electron chi connectivity index (χ0n) is 45.2. The summed E-state index contributed by atoms with van der Waals surface area (Å²) in [5, 5.41) is 31.3. The topological polar surface area (TPSA) is 175 Å². The summed E-state index contributed by atoms with van der Waals surface area (Å²) in [5.74, 6) is -3.52. The number of rotatable bonds is 42. The third-order valence-corrected chi connectivity index (χ3v) is 10.8. The number of aliphatic carboxylic acids is 1. The third kappa shape index (κ3) is 39.2. The van der Waals surface area contributed by atoms with Crippen molar-refractivity contribution in [3.05, 3.63) is 170 Å². The minimum atomic E-state index is -1.96. The summed E-state index contributed by atoms with van der Waals surface area (Å²) >= 11 is 0. The average Bonchev–Trinajstić information content (AvgIpc) is 3.39. The van der Waals surface area contributed by atoms with E-state index in [0.29, 0.717) is 32.1 Å². The second-order valence-electron chi connectivity index (χ2n) is 17.4. The minimum absolute atomic E-state index is 0.0876. The van der Waals surface area contributed by atoms with Crippen molar-refractivity contribution < 1.29 is 58.2 Å². The lowest BCUT2D eigenvalue weighted by molar-refractivity contribution is -0.301. The van der Waals surface area contributed by atoms with Crippen molar-refractivity contribution in [2.45, 2.75) is 186 Å². The fourth-order valence-corrected chi connectivity index (χ4v) is 6.78. The molecule has 12 heteroatoms. The maximum atomic E-state index is 13.1. The van der Waals surface area contributed by atoms with Crippen LogP contribution in [-0.4, -0.2) is 89.2 Å². The minimum Gasteiger partial charge on any atom is -0.479 e. The Bertz CT molecular complexity index is 1950. The Morgan fingerprint density at radius 2 is 0.840 bits per heavy atom. The molecule has 6 atom stereocenters. The molecule has 75 heavy (non-hydrogen) atoms. The van der Waals surface area contributed by atoms with E-state index in [-0.39, 0.29) is 19.3 Å². The van der Waals surface area contributed by atoms with Crippen LogP contribution in [-0.2, 0) is 42.9 Å². The van der Waals surface area contributed by atoms with Gasteiger partial charge in [-0.2, -0.15) is 0 Å². The molecule has 1 rings (SSSR count). The van der Waals surface area contributed by atoms with Gasteiger partial charge in [0.15, 0.2) is 24.6 Å². The van der Waals surface area contributed by atoms with Gasteiger partial charge >= 0.3 is 23.9 Å². The molecule has 414 valence electrons. The Balaban J connectivity index is 2.87. The first-order valence-electron chi connectivity index (χ1n) is 27.1. The van der Waals surface area contributed by atoms with E-state index >= 15 is 0 Å². The molecule has 0 aromatic carbocycles. The maximum Gasteiger partial charge on any atom is 0.335 e. The summed E-state index contributed by atoms with van der Waals surface area (Å²) in [6, 6.07) is 0. The summed E-state index contributed by atoms with van der Waals surface area (Å²) in [5.41, 5.74) is 0. The van der Waals surface area contributed by atoms with Crippen LogP contribution in [0.25, 0.3) is 0 Å². The van der Waals surface area contributed by atoms with E-state index in [9.17, 15) is 34.5 Å². The lowest BCUT2D eigenvalue weighted by Gasteiger charge is -2.40. The number of aliphatic hydroxyl groups is 2. The number of carboxylic acid groups (broad SMARTS) is 1. The number of ether oxygens (including phenoxy) is 5. The second kappa shape index (κ2) is 49.0. The summed E-state index contributed by atoms with van der Waals surface area (Å²) in [4.78, 5) is 50.9. The second-order valence-corrected chi connectivity index (χ2v) is 17.4. The molecular weight excluding hydrogens is 949 g/mol. The molecule has 0 aromatic heterocycles. The van der Waals surface area contributed by atoms with Gasteiger partial charge in [-0.15, -0.1) is 0 Å². The Morgan fingerprint density at radius 3 is 1.25 bits per heavy atom. The lowest BCUT2D eigenvalue weighted by Crippen LogP contribution is -2.61. The Hall–Kier alpha value is -5.92. The van der Waals surface area contributed by atoms with Crippen LogP contribution >= 0.6 is 0 Å². The molecule has 1 saturated heterocycles. The van der Waals surface area contributed by atoms with E-state index < -0.39 is 73.9 Å². The number of hydrogen-bond donors (Lipinski definition) is 3. The summed E-state index contributed by atoms with van der Waals surface area (Å²) in [6.45, 7) is 5.43. The highest BCUT2D eigenvalue weighted by Crippen LogP contribution is 2.26. The molecule has 1 fully saturated rings. The van der Waals surface area contributed by atoms with Crippen molar-refractivity contribution in [2.75, 3.05) is 13.2 Å². The van der Waals surface area contributed by atoms with E-state index in [2.05, 4.69) is 136 Å². The largest absolute Gasteiger partial charge is 0.479 e. The maximum absolute atomic E-state index is 13.1. The number of carboxylic acids is 1. The van der Waals surface area contributed by atoms with E-state index in [0.717, 1.165) is 77.0 Å². The van der Waals surface area contributed by atoms with E-state index in [1.165, 1.54) is 0 Å². The van der Waals surface area contributed by atoms with Crippen molar-refractivity contribution in [3.63, 3.8) is 0 Å². The highest BCUT2D eigenvalue weighted by Gasteiger charge is 2.50. The first-order chi connectivity index (χ1) is 36.6. The lowest BCUT2D eigenvalue weighted by atomic mass is 9.98. The highest BCUT2D eigenvalue weighted by molar-refractivity contribution is 5.74. The van der Waals surface area contributed by atoms with Crippen LogP contribution in [0.15, 0.2) is 170 Å². The molecule has 0 aliphatic carbocycles. The Morgan fingerprint density at radius 1 is 0.453 bits per heavy atom. The number of hydrogen-bond acceptors (Lipinski definition) is 11. The fraction of sp³-hybridized carbons (Fsp3) is 0.492. The number of aliphatic hydroxyl groups excluding tert-OH is 2. The van der Waals surface area contributed by atoms with Crippen molar-refractivity contribution in [2.24, 2.45) is 0 Å². The molecule has 0 spiro atoms. The van der Waals surface area contributed by atoms with Crippen molar-refractivity contribution >= 4 is 23.9 Å². The zero-order valence-corrected chi connectivity index (χ0v) is 45.2. The summed E-state index contributed by atoms with van der Waals surface area (Å²) in [7, 11) is 0. The SMILES string of the molecule is CC/C=C\C/C=C\C/C=C\C/C=C\C/C=C\CCCC(=O)OCC(COC1OC(C(=O)O)C(O)C(O)C1OC(=O)CC/C=C\C/C=C\C/C=C\C/C=C\CC)OC(=O)C/C=C\C/C=C\C/C=C\C/C=C\C/C=C\CC. The third-order valence-electron chi connectivity index (χ3n) is 10.8. The molecule has 1 aliphatic heterocycles. The van der Waals surface area contributed by atoms with Gasteiger partial charge in [-0.3, -0.25) is 14.4 Å². The predicted octanol–water partition coefficient (Wildman–Crippen LogP) is 13.5. The first kappa shape index (κ1) is 67.1. The van der Waals surface area contributed by atoms with Gasteiger partial charge in [0.25, 0.3) is 0 Å². The molecule has 6 unspecified atom stereocenters. The molecule has 12 nitrogen and oxygen atoms in total. The summed E-state index contributed by atoms with van der Waals surface area (Å²) < 4.78 is 28.0. The average molecular weight is 1040 g/mol. The van der Waals surface area contributed by atoms with Crippen LogP contribution < -0.4 is 0 Å². The summed E-state index contributed by atoms with van der Waals surface area (Å²) in [6.07, 6.45) is 61.0. The Kier molecular flexibility index (Phi) is 43.8. The molecule has 0 bridgehead atoms. The molecule has 3 N–H and O–H groups in total. The Labute approximate surface area is 449 Å². The van der Waals surface area contributed by atoms with Crippen molar-refractivity contribution in [3.8, 4) is 0 Å². The van der Waals surface area contributed by atoms with Gasteiger partial charge in [0.2, 0.25) is 0 Å². The molecule has 0 saturated carbocycles. The molecule has 0 aromatic rings. The van der Waals surface area contributed by atoms with Crippen molar-refractivity contribution in [1.82, 2.24) is 0 Å². The monoisotopic (exact) mass is 1040 g/mol. The number of carbonyl (C=O) groups is 4. The number of unbranched alkanes of at least 4 members (excludes halogenated alkanes) is 1. The van der Waals surface area contributed by atoms with Crippen LogP contribution in [0.3, 0.4) is 0 Å². The first-order valence-corrected chi connectivity index (χ1v) is 27.1. The van der Waals surface area contributed by atoms with Crippen LogP contribution in [0.2, 0.25) is 0 Å². The molecule has 1 aliphatic rings. The fourth-order valence-electron chi connectivity index (χ4n) is 6.78. The van der Waals surface area contributed by atoms with Gasteiger partial charge in [0.05, 0.1) is 13.0 Å². The van der Waals surface area contributed by atoms with Gasteiger partial charge in [-0.05, 0) is 109 Å². The molecular formula is C63H90O12. The quantitative estimate of drug-likeness (QED) is 0.0229. The van der Waals surface area contributed by atoms with Crippen LogP contribution in [0.1, 0.15) is 149 Å². The zero-order chi connectivity index (χ0) is 54.7. The van der Waals surface area contributed by atoms with Gasteiger partial charge in [0.1, 0.15) is 18.8 Å². The van der Waals surface area contributed by atoms with Crippen LogP contribution in [0.5, 0.6) is 0 Å². The standard InChI is InChI=1S/C63H90O12/c1-4-7-10-13-16-19-22-25-27-28-30-32-34-37-40-43-46-49-55(64)71-52-54(73-56(65)50-47-44-41-38-36-33-29-26-23-20-17-14-11-8-5-2)53-72-63-61(59(68)58(67)60(75-63)62(69)70)74-57(66)51-48-45-42-39-35-31-24-21-18-15-12-9-6-3/h7-12,16-21,25-27,29-32,35-38,40,42,44-45,47,54,58-61,63,67-68H,4-6,13-15,22-24,28,33-34,39,41,43,46,48-53H2,1-3H3,(H,69,70)/b10-7-,11-8-,12-9-,19-16-,20-17-,21-18-,27-25-,29-26-,32-30-,35-31-,38-36-,40-37-,45-42-,47-44-. The smallest absolute Gasteiger partial charge is 0.335 e. The highest BCUT2D eigenvalue weighted by atomic mass is 16.7. The molecule has 0 radical (unpaired) electrons. The number of esters is 3. The number of carbonyl (C=O) groups excluding carboxylic acids is 3. The predicted molar refractivity (Wildman–Crippen MR) is 302 cm³/mol. The molecule has 0 amide bonds. The van der Waals surface area contributed by atoms with Crippen molar-refractivity contribution in [1.29, 1.82) is 0 Å². The van der Waals surface area contributed by atoms with Gasteiger partial charge < -0.3 is 39.0 Å². The molecule has 1 heterocycles. The van der Waals surface area contributed by atoms with E-state index in [1.54, 1.807) is 6.08 Å². The normalized spacial score (nSPS) is 19.5. The van der Waals surface area contributed by atoms with Gasteiger partial charge in [-0.25, -0.2) is 4.79 Å². The number of allylic oxidation sites excluding steroid dienone is 27. The van der Waals surface area contributed by atoms with E-state index in [4.69, 9.17) is 23.7 Å². The van der Waals surface area contributed by atoms with Crippen LogP contribution in [0, 0.1) is 0 Å². The van der Waals surface area contributed by atoms with E-state index in [1.807, 2.05) is 48.6 Å². The van der Waals surface area contributed by atoms with Gasteiger partial charge in [-0.1, -0.05) is 191 Å². The van der Waals surface area contributed by atoms with Gasteiger partial charge in [0, 0.05) is 12.8 Å². The van der Waals surface area contributed by atoms with Crippen LogP contribution in [0.4, 0.5) is 0 Å².